The number of carbonyl (C=O) groups is 2. The Kier molecular flexibility index (Phi) is 7.42. The second-order valence-corrected chi connectivity index (χ2v) is 17.8. The number of carboxylic acid groups (broad SMARTS) is 1. The third-order valence-electron chi connectivity index (χ3n) is 14.5. The summed E-state index contributed by atoms with van der Waals surface area (Å²) in [6, 6.07) is 8.18. The van der Waals surface area contributed by atoms with E-state index in [1.54, 1.807) is 11.6 Å². The first-order valence-corrected chi connectivity index (χ1v) is 17.4. The Balaban J connectivity index is 1.25. The average Bonchev–Trinajstić information content (AvgIpc) is 2.94. The minimum Gasteiger partial charge on any atom is -0.481 e. The zero-order valence-electron chi connectivity index (χ0n) is 28.6. The van der Waals surface area contributed by atoms with Crippen molar-refractivity contribution in [3.8, 4) is 0 Å². The fourth-order valence-electron chi connectivity index (χ4n) is 12.1. The Morgan fingerprint density at radius 3 is 2.11 bits per heavy atom. The first kappa shape index (κ1) is 31.6. The van der Waals surface area contributed by atoms with Crippen LogP contribution in [0.1, 0.15) is 124 Å². The standard InChI is InChI=1S/C40H56O4/c1-26-9-11-27(12-10-26)13-14-33(41)44-32-18-21-37(6)28(36(32,4)5)15-19-38(7)29(37)16-20-39(8)30(38)17-22-40(34(42)43)24-23-35(2,3)25-31(39)40/h9-14,17,28-29,31-32H,15-16,18-25H2,1-8H3,(H,42,43)/b14-13+/t28?,29?,31?,32-,37-,38+,39+,40+/m0/s1. The smallest absolute Gasteiger partial charge is 0.331 e. The summed E-state index contributed by atoms with van der Waals surface area (Å²) in [5.41, 5.74) is 3.44. The number of rotatable bonds is 4. The van der Waals surface area contributed by atoms with Gasteiger partial charge < -0.3 is 9.84 Å². The van der Waals surface area contributed by atoms with Gasteiger partial charge in [0.15, 0.2) is 0 Å². The molecule has 4 fully saturated rings. The lowest BCUT2D eigenvalue weighted by molar-refractivity contribution is -0.199. The third-order valence-corrected chi connectivity index (χ3v) is 14.5. The molecule has 8 atom stereocenters. The van der Waals surface area contributed by atoms with Crippen molar-refractivity contribution in [2.45, 2.75) is 126 Å². The van der Waals surface area contributed by atoms with E-state index in [4.69, 9.17) is 4.74 Å². The van der Waals surface area contributed by atoms with Crippen molar-refractivity contribution >= 4 is 18.0 Å². The minimum atomic E-state index is -0.615. The molecule has 0 spiro atoms. The summed E-state index contributed by atoms with van der Waals surface area (Å²) in [6.45, 7) is 19.0. The quantitative estimate of drug-likeness (QED) is 0.212. The molecule has 4 heteroatoms. The molecule has 1 aromatic carbocycles. The van der Waals surface area contributed by atoms with Crippen molar-refractivity contribution in [3.05, 3.63) is 53.1 Å². The Morgan fingerprint density at radius 2 is 1.45 bits per heavy atom. The molecule has 0 amide bonds. The predicted molar refractivity (Wildman–Crippen MR) is 177 cm³/mol. The van der Waals surface area contributed by atoms with Gasteiger partial charge in [0.2, 0.25) is 0 Å². The Bertz CT molecular complexity index is 1380. The summed E-state index contributed by atoms with van der Waals surface area (Å²) in [4.78, 5) is 26.0. The van der Waals surface area contributed by atoms with E-state index in [-0.39, 0.29) is 45.1 Å². The van der Waals surface area contributed by atoms with E-state index in [0.29, 0.717) is 18.3 Å². The van der Waals surface area contributed by atoms with Crippen LogP contribution in [0, 0.1) is 57.2 Å². The third kappa shape index (κ3) is 4.66. The normalized spacial score (nSPS) is 42.2. The fraction of sp³-hybridized carbons (Fsp3) is 0.700. The SMILES string of the molecule is Cc1ccc(/C=C/C(=O)O[C@H]2CC[C@@]3(C)C(CC[C@@]4(C)C5=CC[C@@]6(C(=O)O)CCC(C)(C)CC6[C@]5(C)CCC34)C2(C)C)cc1. The first-order valence-electron chi connectivity index (χ1n) is 17.4. The topological polar surface area (TPSA) is 63.6 Å². The van der Waals surface area contributed by atoms with Crippen LogP contribution < -0.4 is 0 Å². The number of fused-ring (bicyclic) bond motifs is 7. The molecule has 1 aromatic rings. The second-order valence-electron chi connectivity index (χ2n) is 17.8. The van der Waals surface area contributed by atoms with Gasteiger partial charge in [-0.15, -0.1) is 0 Å². The van der Waals surface area contributed by atoms with Crippen LogP contribution in [-0.2, 0) is 14.3 Å². The van der Waals surface area contributed by atoms with Gasteiger partial charge in [-0.1, -0.05) is 89.9 Å². The van der Waals surface area contributed by atoms with Crippen LogP contribution in [0.5, 0.6) is 0 Å². The molecule has 5 aliphatic carbocycles. The highest BCUT2D eigenvalue weighted by molar-refractivity contribution is 5.87. The van der Waals surface area contributed by atoms with Crippen molar-refractivity contribution < 1.29 is 19.4 Å². The highest BCUT2D eigenvalue weighted by Crippen LogP contribution is 2.75. The van der Waals surface area contributed by atoms with Gasteiger partial charge in [0, 0.05) is 11.5 Å². The average molecular weight is 601 g/mol. The van der Waals surface area contributed by atoms with Gasteiger partial charge in [-0.3, -0.25) is 4.79 Å². The van der Waals surface area contributed by atoms with Crippen molar-refractivity contribution in [1.82, 2.24) is 0 Å². The van der Waals surface area contributed by atoms with Gasteiger partial charge in [0.05, 0.1) is 5.41 Å². The Morgan fingerprint density at radius 1 is 0.818 bits per heavy atom. The Labute approximate surface area is 266 Å². The van der Waals surface area contributed by atoms with E-state index in [2.05, 4.69) is 73.6 Å². The van der Waals surface area contributed by atoms with Crippen molar-refractivity contribution in [3.63, 3.8) is 0 Å². The number of benzene rings is 1. The molecule has 5 aliphatic rings. The van der Waals surface area contributed by atoms with Gasteiger partial charge >= 0.3 is 11.9 Å². The summed E-state index contributed by atoms with van der Waals surface area (Å²) in [7, 11) is 0. The summed E-state index contributed by atoms with van der Waals surface area (Å²) < 4.78 is 6.23. The van der Waals surface area contributed by atoms with E-state index >= 15 is 0 Å². The maximum atomic E-state index is 13.0. The molecule has 0 aliphatic heterocycles. The molecule has 240 valence electrons. The van der Waals surface area contributed by atoms with E-state index in [1.807, 2.05) is 18.2 Å². The van der Waals surface area contributed by atoms with Gasteiger partial charge in [-0.2, -0.15) is 0 Å². The second kappa shape index (κ2) is 10.3. The molecular weight excluding hydrogens is 544 g/mol. The number of carbonyl (C=O) groups excluding carboxylic acids is 1. The lowest BCUT2D eigenvalue weighted by atomic mass is 9.34. The number of carboxylic acids is 1. The molecule has 0 bridgehead atoms. The number of aliphatic carboxylic acids is 1. The van der Waals surface area contributed by atoms with Crippen LogP contribution >= 0.6 is 0 Å². The maximum absolute atomic E-state index is 13.0. The molecule has 0 aromatic heterocycles. The number of allylic oxidation sites excluding steroid dienone is 2. The maximum Gasteiger partial charge on any atom is 0.331 e. The van der Waals surface area contributed by atoms with E-state index in [9.17, 15) is 14.7 Å². The molecule has 4 nitrogen and oxygen atoms in total. The number of esters is 1. The van der Waals surface area contributed by atoms with Crippen LogP contribution in [0.4, 0.5) is 0 Å². The number of ether oxygens (including phenoxy) is 1. The van der Waals surface area contributed by atoms with Crippen LogP contribution in [0.25, 0.3) is 6.08 Å². The molecule has 44 heavy (non-hydrogen) atoms. The van der Waals surface area contributed by atoms with Crippen molar-refractivity contribution in [1.29, 1.82) is 0 Å². The number of aryl methyl sites for hydroxylation is 1. The fourth-order valence-corrected chi connectivity index (χ4v) is 12.1. The number of hydrogen-bond acceptors (Lipinski definition) is 3. The van der Waals surface area contributed by atoms with E-state index in [0.717, 1.165) is 63.4 Å². The van der Waals surface area contributed by atoms with Gasteiger partial charge in [-0.25, -0.2) is 4.79 Å². The van der Waals surface area contributed by atoms with E-state index < -0.39 is 11.4 Å². The highest BCUT2D eigenvalue weighted by Gasteiger charge is 2.68. The van der Waals surface area contributed by atoms with Crippen LogP contribution in [0.15, 0.2) is 42.0 Å². The highest BCUT2D eigenvalue weighted by atomic mass is 16.5. The molecule has 0 radical (unpaired) electrons. The zero-order chi connectivity index (χ0) is 31.9. The molecule has 0 saturated heterocycles. The molecule has 1 N–H and O–H groups in total. The monoisotopic (exact) mass is 600 g/mol. The molecule has 4 saturated carbocycles. The van der Waals surface area contributed by atoms with Crippen molar-refractivity contribution in [2.24, 2.45) is 50.2 Å². The number of hydrogen-bond donors (Lipinski definition) is 1. The minimum absolute atomic E-state index is 0.0607. The van der Waals surface area contributed by atoms with Crippen LogP contribution in [0.2, 0.25) is 0 Å². The molecule has 0 heterocycles. The van der Waals surface area contributed by atoms with Crippen LogP contribution in [0.3, 0.4) is 0 Å². The van der Waals surface area contributed by atoms with Crippen LogP contribution in [-0.4, -0.2) is 23.1 Å². The van der Waals surface area contributed by atoms with Gasteiger partial charge in [0.1, 0.15) is 6.10 Å². The van der Waals surface area contributed by atoms with Gasteiger partial charge in [0.25, 0.3) is 0 Å². The zero-order valence-corrected chi connectivity index (χ0v) is 28.6. The summed E-state index contributed by atoms with van der Waals surface area (Å²) in [6.07, 6.45) is 15.7. The van der Waals surface area contributed by atoms with Crippen molar-refractivity contribution in [2.75, 3.05) is 0 Å². The predicted octanol–water partition coefficient (Wildman–Crippen LogP) is 9.81. The largest absolute Gasteiger partial charge is 0.481 e. The summed E-state index contributed by atoms with van der Waals surface area (Å²) in [5.74, 6) is 0.409. The van der Waals surface area contributed by atoms with Gasteiger partial charge in [-0.05, 0) is 122 Å². The molecule has 3 unspecified atom stereocenters. The summed E-state index contributed by atoms with van der Waals surface area (Å²) in [5, 5.41) is 10.7. The lowest BCUT2D eigenvalue weighted by Crippen LogP contribution is -2.64. The Hall–Kier alpha value is -2.36. The molecule has 6 rings (SSSR count). The lowest BCUT2D eigenvalue weighted by Gasteiger charge is -2.70. The summed E-state index contributed by atoms with van der Waals surface area (Å²) >= 11 is 0. The first-order chi connectivity index (χ1) is 20.5. The van der Waals surface area contributed by atoms with E-state index in [1.165, 1.54) is 5.56 Å². The molecular formula is C40H56O4.